The van der Waals surface area contributed by atoms with Crippen LogP contribution in [0.1, 0.15) is 17.3 Å². The number of rotatable bonds is 6. The van der Waals surface area contributed by atoms with Gasteiger partial charge in [0.15, 0.2) is 5.58 Å². The summed E-state index contributed by atoms with van der Waals surface area (Å²) in [6.45, 7) is 1.26. The predicted octanol–water partition coefficient (Wildman–Crippen LogP) is 2.66. The summed E-state index contributed by atoms with van der Waals surface area (Å²) in [6.07, 6.45) is 0.642. The number of pyridine rings is 1. The summed E-state index contributed by atoms with van der Waals surface area (Å²) in [7, 11) is 1.45. The number of fused-ring (bicyclic) bond motifs is 1. The van der Waals surface area contributed by atoms with Crippen LogP contribution in [0.15, 0.2) is 39.7 Å². The number of amides is 1. The maximum absolute atomic E-state index is 14.3. The number of nitrogens with one attached hydrogen (secondary N) is 2. The molecule has 10 heteroatoms. The highest BCUT2D eigenvalue weighted by Crippen LogP contribution is 2.28. The van der Waals surface area contributed by atoms with E-state index in [4.69, 9.17) is 14.4 Å². The van der Waals surface area contributed by atoms with Gasteiger partial charge >= 0.3 is 0 Å². The number of hydroxylamine groups is 1. The van der Waals surface area contributed by atoms with Crippen LogP contribution in [0.2, 0.25) is 0 Å². The molecule has 3 rings (SSSR count). The monoisotopic (exact) mass is 501 g/mol. The van der Waals surface area contributed by atoms with Crippen molar-refractivity contribution < 1.29 is 23.5 Å². The largest absolute Gasteiger partial charge is 0.463 e. The Kier molecular flexibility index (Phi) is 6.01. The number of aromatic nitrogens is 1. The SMILES string of the molecule is CC(CO)ONC(=O)c1c(Nc2ccc(I)cc2F)n(C)c(=O)c2ccoc12. The van der Waals surface area contributed by atoms with Crippen LogP contribution in [-0.2, 0) is 11.9 Å². The molecule has 0 aliphatic carbocycles. The number of anilines is 2. The molecule has 0 saturated carbocycles. The first-order chi connectivity index (χ1) is 13.3. The molecule has 1 amide bonds. The van der Waals surface area contributed by atoms with E-state index in [0.29, 0.717) is 3.57 Å². The van der Waals surface area contributed by atoms with E-state index in [1.165, 1.54) is 36.1 Å². The van der Waals surface area contributed by atoms with E-state index < -0.39 is 23.4 Å². The number of hydrogen-bond donors (Lipinski definition) is 3. The van der Waals surface area contributed by atoms with Gasteiger partial charge in [0.1, 0.15) is 23.3 Å². The van der Waals surface area contributed by atoms with Crippen LogP contribution in [0.5, 0.6) is 0 Å². The number of hydrogen-bond acceptors (Lipinski definition) is 6. The first-order valence-electron chi connectivity index (χ1n) is 8.22. The van der Waals surface area contributed by atoms with Gasteiger partial charge in [0, 0.05) is 10.6 Å². The third-order valence-electron chi connectivity index (χ3n) is 4.02. The molecule has 0 fully saturated rings. The van der Waals surface area contributed by atoms with E-state index >= 15 is 0 Å². The lowest BCUT2D eigenvalue weighted by molar-refractivity contribution is -0.0303. The summed E-state index contributed by atoms with van der Waals surface area (Å²) in [6, 6.07) is 5.94. The Morgan fingerprint density at radius 3 is 2.86 bits per heavy atom. The number of nitrogens with zero attached hydrogens (tertiary/aromatic N) is 1. The minimum Gasteiger partial charge on any atom is -0.463 e. The highest BCUT2D eigenvalue weighted by atomic mass is 127. The first kappa shape index (κ1) is 20.3. The molecule has 2 aromatic heterocycles. The molecule has 8 nitrogen and oxygen atoms in total. The third kappa shape index (κ3) is 3.88. The number of aliphatic hydroxyl groups excluding tert-OH is 1. The zero-order valence-electron chi connectivity index (χ0n) is 15.0. The average molecular weight is 501 g/mol. The number of furan rings is 1. The van der Waals surface area contributed by atoms with Crippen molar-refractivity contribution in [3.63, 3.8) is 0 Å². The second-order valence-corrected chi connectivity index (χ2v) is 7.29. The minimum absolute atomic E-state index is 0.0327. The number of carbonyl (C=O) groups is 1. The lowest BCUT2D eigenvalue weighted by atomic mass is 10.1. The second kappa shape index (κ2) is 8.29. The fourth-order valence-corrected chi connectivity index (χ4v) is 3.00. The molecule has 0 aliphatic rings. The topological polar surface area (TPSA) is 106 Å². The van der Waals surface area contributed by atoms with Crippen molar-refractivity contribution in [1.29, 1.82) is 0 Å². The number of benzene rings is 1. The minimum atomic E-state index is -0.718. The zero-order valence-corrected chi connectivity index (χ0v) is 17.1. The average Bonchev–Trinajstić information content (AvgIpc) is 3.15. The van der Waals surface area contributed by atoms with Crippen LogP contribution in [0.3, 0.4) is 0 Å². The van der Waals surface area contributed by atoms with Gasteiger partial charge in [-0.25, -0.2) is 9.87 Å². The van der Waals surface area contributed by atoms with Crippen molar-refractivity contribution in [2.24, 2.45) is 7.05 Å². The Morgan fingerprint density at radius 1 is 1.43 bits per heavy atom. The third-order valence-corrected chi connectivity index (χ3v) is 4.69. The summed E-state index contributed by atoms with van der Waals surface area (Å²) in [5, 5.41) is 12.0. The molecule has 3 aromatic rings. The van der Waals surface area contributed by atoms with Crippen LogP contribution >= 0.6 is 22.6 Å². The molecule has 148 valence electrons. The molecule has 0 aliphatic heterocycles. The van der Waals surface area contributed by atoms with Crippen molar-refractivity contribution in [1.82, 2.24) is 10.0 Å². The molecular formula is C18H17FIN3O5. The summed E-state index contributed by atoms with van der Waals surface area (Å²) < 4.78 is 21.6. The molecule has 1 unspecified atom stereocenters. The quantitative estimate of drug-likeness (QED) is 0.355. The van der Waals surface area contributed by atoms with E-state index in [2.05, 4.69) is 10.8 Å². The van der Waals surface area contributed by atoms with Gasteiger partial charge in [-0.05, 0) is 53.8 Å². The van der Waals surface area contributed by atoms with Crippen LogP contribution in [0.25, 0.3) is 11.0 Å². The van der Waals surface area contributed by atoms with Gasteiger partial charge in [0.25, 0.3) is 11.5 Å². The normalized spacial score (nSPS) is 12.2. The molecule has 0 spiro atoms. The number of carbonyl (C=O) groups excluding carboxylic acids is 1. The number of halogens is 2. The second-order valence-electron chi connectivity index (χ2n) is 6.04. The Balaban J connectivity index is 2.13. The highest BCUT2D eigenvalue weighted by Gasteiger charge is 2.24. The van der Waals surface area contributed by atoms with Crippen molar-refractivity contribution >= 4 is 51.0 Å². The molecule has 1 atom stereocenters. The lowest BCUT2D eigenvalue weighted by Gasteiger charge is -2.17. The van der Waals surface area contributed by atoms with E-state index in [9.17, 15) is 14.0 Å². The molecule has 1 aromatic carbocycles. The van der Waals surface area contributed by atoms with E-state index in [1.54, 1.807) is 13.0 Å². The first-order valence-corrected chi connectivity index (χ1v) is 9.30. The molecule has 3 N–H and O–H groups in total. The van der Waals surface area contributed by atoms with Crippen LogP contribution in [-0.4, -0.2) is 28.3 Å². The van der Waals surface area contributed by atoms with Gasteiger partial charge in [0.05, 0.1) is 23.9 Å². The van der Waals surface area contributed by atoms with Gasteiger partial charge < -0.3 is 14.8 Å². The van der Waals surface area contributed by atoms with E-state index in [-0.39, 0.29) is 34.6 Å². The Morgan fingerprint density at radius 2 is 2.18 bits per heavy atom. The van der Waals surface area contributed by atoms with Crippen LogP contribution in [0, 0.1) is 9.39 Å². The van der Waals surface area contributed by atoms with Gasteiger partial charge in [-0.1, -0.05) is 0 Å². The predicted molar refractivity (Wildman–Crippen MR) is 109 cm³/mol. The van der Waals surface area contributed by atoms with Crippen LogP contribution < -0.4 is 16.4 Å². The number of aliphatic hydroxyl groups is 1. The summed E-state index contributed by atoms with van der Waals surface area (Å²) in [5.41, 5.74) is 1.88. The standard InChI is InChI=1S/C18H17FIN3O5/c1-9(8-24)28-22-17(25)14-15-11(5-6-27-15)18(26)23(2)16(14)21-13-4-3-10(20)7-12(13)19/h3-7,9,21,24H,8H2,1-2H3,(H,22,25). The molecule has 2 heterocycles. The zero-order chi connectivity index (χ0) is 20.4. The smallest absolute Gasteiger partial charge is 0.282 e. The molecule has 0 radical (unpaired) electrons. The highest BCUT2D eigenvalue weighted by molar-refractivity contribution is 14.1. The van der Waals surface area contributed by atoms with E-state index in [1.807, 2.05) is 22.6 Å². The van der Waals surface area contributed by atoms with Crippen molar-refractivity contribution in [2.75, 3.05) is 11.9 Å². The maximum atomic E-state index is 14.3. The lowest BCUT2D eigenvalue weighted by Crippen LogP contribution is -2.32. The van der Waals surface area contributed by atoms with Gasteiger partial charge in [0.2, 0.25) is 0 Å². The Labute approximate surface area is 172 Å². The molecule has 0 saturated heterocycles. The van der Waals surface area contributed by atoms with Gasteiger partial charge in [-0.3, -0.25) is 19.0 Å². The maximum Gasteiger partial charge on any atom is 0.282 e. The van der Waals surface area contributed by atoms with Crippen LogP contribution in [0.4, 0.5) is 15.9 Å². The molecule has 28 heavy (non-hydrogen) atoms. The van der Waals surface area contributed by atoms with Crippen molar-refractivity contribution in [3.8, 4) is 0 Å². The fraction of sp³-hybridized carbons (Fsp3) is 0.222. The Bertz CT molecular complexity index is 1090. The van der Waals surface area contributed by atoms with Gasteiger partial charge in [-0.2, -0.15) is 0 Å². The molecular weight excluding hydrogens is 484 g/mol. The fourth-order valence-electron chi connectivity index (χ4n) is 2.55. The van der Waals surface area contributed by atoms with Gasteiger partial charge in [-0.15, -0.1) is 0 Å². The van der Waals surface area contributed by atoms with Crippen molar-refractivity contribution in [2.45, 2.75) is 13.0 Å². The Hall–Kier alpha value is -2.44. The summed E-state index contributed by atoms with van der Waals surface area (Å²) in [4.78, 5) is 30.4. The van der Waals surface area contributed by atoms with Crippen molar-refractivity contribution in [3.05, 3.63) is 55.8 Å². The molecule has 0 bridgehead atoms. The van der Waals surface area contributed by atoms with E-state index in [0.717, 1.165) is 0 Å². The summed E-state index contributed by atoms with van der Waals surface area (Å²) in [5.74, 6) is -1.23. The summed E-state index contributed by atoms with van der Waals surface area (Å²) >= 11 is 1.97.